The summed E-state index contributed by atoms with van der Waals surface area (Å²) in [5, 5.41) is 12.0. The molecule has 0 bridgehead atoms. The number of pyridine rings is 2. The predicted molar refractivity (Wildman–Crippen MR) is 209 cm³/mol. The van der Waals surface area contributed by atoms with Gasteiger partial charge in [-0.25, -0.2) is 4.79 Å². The normalized spacial score (nSPS) is 17.3. The lowest BCUT2D eigenvalue weighted by atomic mass is 9.92. The number of nitrogens with one attached hydrogen (secondary N) is 2. The number of aromatic amines is 1. The third-order valence-electron chi connectivity index (χ3n) is 11.3. The van der Waals surface area contributed by atoms with Crippen LogP contribution in [0.4, 0.5) is 16.3 Å². The van der Waals surface area contributed by atoms with Gasteiger partial charge in [-0.2, -0.15) is 5.10 Å². The topological polar surface area (TPSA) is 158 Å². The average Bonchev–Trinajstić information content (AvgIpc) is 3.63. The van der Waals surface area contributed by atoms with E-state index < -0.39 is 6.03 Å². The summed E-state index contributed by atoms with van der Waals surface area (Å²) in [6.45, 7) is 5.45. The number of rotatable bonds is 9. The zero-order valence-electron chi connectivity index (χ0n) is 31.3. The van der Waals surface area contributed by atoms with Crippen molar-refractivity contribution >= 4 is 51.0 Å². The molecule has 286 valence electrons. The van der Waals surface area contributed by atoms with Gasteiger partial charge >= 0.3 is 6.03 Å². The number of imide groups is 1. The lowest BCUT2D eigenvalue weighted by Gasteiger charge is -2.37. The Labute approximate surface area is 317 Å². The number of amides is 4. The maximum absolute atomic E-state index is 13.5. The Hall–Kier alpha value is -5.96. The highest BCUT2D eigenvalue weighted by Crippen LogP contribution is 2.38. The van der Waals surface area contributed by atoms with Crippen LogP contribution >= 0.6 is 0 Å². The molecule has 0 spiro atoms. The molecule has 5 aromatic rings. The van der Waals surface area contributed by atoms with Gasteiger partial charge in [-0.3, -0.25) is 39.6 Å². The van der Waals surface area contributed by atoms with E-state index in [1.807, 2.05) is 41.4 Å². The van der Waals surface area contributed by atoms with E-state index in [1.54, 1.807) is 38.2 Å². The number of hydrogen-bond acceptors (Lipinski definition) is 10. The minimum atomic E-state index is -0.455. The highest BCUT2D eigenvalue weighted by Gasteiger charge is 2.30. The number of aromatic nitrogens is 4. The molecule has 8 rings (SSSR count). The molecular formula is C40H45N9O6. The second-order valence-electron chi connectivity index (χ2n) is 14.6. The zero-order valence-corrected chi connectivity index (χ0v) is 31.3. The molecule has 55 heavy (non-hydrogen) atoms. The lowest BCUT2D eigenvalue weighted by molar-refractivity contribution is -0.134. The van der Waals surface area contributed by atoms with Crippen LogP contribution in [-0.2, 0) is 23.2 Å². The number of carbonyl (C=O) groups excluding carboxylic acids is 3. The molecule has 2 aromatic carbocycles. The van der Waals surface area contributed by atoms with E-state index in [0.717, 1.165) is 77.7 Å². The molecule has 0 unspecified atom stereocenters. The van der Waals surface area contributed by atoms with Crippen LogP contribution in [0, 0.1) is 5.92 Å². The number of benzene rings is 2. The first-order valence-electron chi connectivity index (χ1n) is 18.7. The van der Waals surface area contributed by atoms with E-state index in [0.29, 0.717) is 61.2 Å². The fourth-order valence-electron chi connectivity index (χ4n) is 8.15. The van der Waals surface area contributed by atoms with Crippen LogP contribution in [0.2, 0.25) is 0 Å². The van der Waals surface area contributed by atoms with Gasteiger partial charge in [-0.1, -0.05) is 0 Å². The number of fused-ring (bicyclic) bond motifs is 2. The van der Waals surface area contributed by atoms with E-state index in [2.05, 4.69) is 36.4 Å². The number of piperidine rings is 1. The molecule has 3 fully saturated rings. The number of nitrogens with zero attached hydrogens (tertiary/aromatic N) is 7. The third-order valence-corrected chi connectivity index (χ3v) is 11.3. The maximum atomic E-state index is 13.5. The van der Waals surface area contributed by atoms with Crippen LogP contribution in [-0.4, -0.2) is 107 Å². The van der Waals surface area contributed by atoms with Crippen molar-refractivity contribution in [2.45, 2.75) is 32.2 Å². The standard InChI is InChI=1S/C40H45N9O6/c1-45-23-31(28-6-10-41-22-30(28)39(45)52)26-19-34(54-2)32(35(20-26)55-3)24-46-14-16-48(17-15-46)37(51)18-25-7-11-47(12-8-25)27-4-5-29-33(21-27)43-44-38(29)49-13-9-36(50)42-40(49)53/h4-6,10,19-23,25H,7-9,11-18,24H2,1-3H3,(H,43,44)(H,42,50,53). The summed E-state index contributed by atoms with van der Waals surface area (Å²) in [7, 11) is 5.05. The number of hydrogen-bond donors (Lipinski definition) is 2. The predicted octanol–water partition coefficient (Wildman–Crippen LogP) is 3.89. The second-order valence-corrected chi connectivity index (χ2v) is 14.6. The summed E-state index contributed by atoms with van der Waals surface area (Å²) in [6.07, 6.45) is 7.78. The first-order valence-corrected chi connectivity index (χ1v) is 18.7. The number of piperazine rings is 1. The zero-order chi connectivity index (χ0) is 38.2. The molecule has 15 nitrogen and oxygen atoms in total. The Morgan fingerprint density at radius 3 is 2.35 bits per heavy atom. The van der Waals surface area contributed by atoms with Gasteiger partial charge < -0.3 is 23.8 Å². The van der Waals surface area contributed by atoms with Crippen molar-refractivity contribution in [3.8, 4) is 22.6 Å². The monoisotopic (exact) mass is 747 g/mol. The van der Waals surface area contributed by atoms with Gasteiger partial charge in [0.1, 0.15) is 11.5 Å². The van der Waals surface area contributed by atoms with Gasteiger partial charge in [0.2, 0.25) is 11.8 Å². The number of aryl methyl sites for hydroxylation is 1. The average molecular weight is 748 g/mol. The van der Waals surface area contributed by atoms with E-state index >= 15 is 0 Å². The number of H-pyrrole nitrogens is 1. The lowest BCUT2D eigenvalue weighted by Crippen LogP contribution is -2.49. The summed E-state index contributed by atoms with van der Waals surface area (Å²) in [6, 6.07) is 11.5. The van der Waals surface area contributed by atoms with Crippen molar-refractivity contribution in [2.75, 3.05) is 69.8 Å². The maximum Gasteiger partial charge on any atom is 0.329 e. The van der Waals surface area contributed by atoms with Crippen LogP contribution < -0.4 is 30.1 Å². The number of ether oxygens (including phenoxy) is 2. The van der Waals surface area contributed by atoms with Crippen LogP contribution in [0.1, 0.15) is 31.2 Å². The fourth-order valence-corrected chi connectivity index (χ4v) is 8.15. The first-order chi connectivity index (χ1) is 26.7. The highest BCUT2D eigenvalue weighted by molar-refractivity contribution is 6.09. The van der Waals surface area contributed by atoms with Gasteiger partial charge in [-0.05, 0) is 66.1 Å². The van der Waals surface area contributed by atoms with Crippen LogP contribution in [0.15, 0.2) is 59.8 Å². The largest absolute Gasteiger partial charge is 0.496 e. The Morgan fingerprint density at radius 2 is 1.64 bits per heavy atom. The van der Waals surface area contributed by atoms with Crippen LogP contribution in [0.25, 0.3) is 32.8 Å². The smallest absolute Gasteiger partial charge is 0.329 e. The van der Waals surface area contributed by atoms with Gasteiger partial charge in [0.05, 0.1) is 30.7 Å². The summed E-state index contributed by atoms with van der Waals surface area (Å²) < 4.78 is 13.4. The minimum absolute atomic E-state index is 0.102. The molecule has 3 aliphatic rings. The van der Waals surface area contributed by atoms with Crippen molar-refractivity contribution in [1.29, 1.82) is 0 Å². The number of anilines is 2. The number of urea groups is 1. The van der Waals surface area contributed by atoms with Gasteiger partial charge in [0.25, 0.3) is 5.56 Å². The minimum Gasteiger partial charge on any atom is -0.496 e. The van der Waals surface area contributed by atoms with Gasteiger partial charge in [0, 0.05) is 107 Å². The number of methoxy groups -OCH3 is 2. The molecule has 0 saturated carbocycles. The van der Waals surface area contributed by atoms with E-state index in [-0.39, 0.29) is 23.8 Å². The molecule has 3 aromatic heterocycles. The van der Waals surface area contributed by atoms with E-state index in [9.17, 15) is 19.2 Å². The molecule has 15 heteroatoms. The third kappa shape index (κ3) is 7.07. The highest BCUT2D eigenvalue weighted by atomic mass is 16.5. The molecule has 3 aliphatic heterocycles. The Balaban J connectivity index is 0.855. The summed E-state index contributed by atoms with van der Waals surface area (Å²) in [5.74, 6) is 2.19. The van der Waals surface area contributed by atoms with Gasteiger partial charge in [-0.15, -0.1) is 0 Å². The number of carbonyl (C=O) groups is 3. The molecule has 0 aliphatic carbocycles. The molecule has 3 saturated heterocycles. The molecule has 6 heterocycles. The Kier molecular flexibility index (Phi) is 9.86. The first kappa shape index (κ1) is 36.0. The van der Waals surface area contributed by atoms with Crippen molar-refractivity contribution < 1.29 is 23.9 Å². The quantitative estimate of drug-likeness (QED) is 0.227. The molecule has 2 N–H and O–H groups in total. The second kappa shape index (κ2) is 15.1. The van der Waals surface area contributed by atoms with Crippen molar-refractivity contribution in [3.63, 3.8) is 0 Å². The summed E-state index contributed by atoms with van der Waals surface area (Å²) in [5.41, 5.74) is 4.50. The van der Waals surface area contributed by atoms with E-state index in [4.69, 9.17) is 9.47 Å². The van der Waals surface area contributed by atoms with Crippen LogP contribution in [0.5, 0.6) is 11.5 Å². The molecular weight excluding hydrogens is 702 g/mol. The molecule has 0 atom stereocenters. The summed E-state index contributed by atoms with van der Waals surface area (Å²) in [4.78, 5) is 62.5. The molecule has 0 radical (unpaired) electrons. The van der Waals surface area contributed by atoms with Crippen LogP contribution in [0.3, 0.4) is 0 Å². The van der Waals surface area contributed by atoms with Crippen molar-refractivity contribution in [2.24, 2.45) is 13.0 Å². The SMILES string of the molecule is COc1cc(-c2cn(C)c(=O)c3cnccc23)cc(OC)c1CN1CCN(C(=O)CC2CCN(c3ccc4c(N5CCC(=O)NC5=O)n[nH]c4c3)CC2)CC1. The Morgan fingerprint density at radius 1 is 0.891 bits per heavy atom. The van der Waals surface area contributed by atoms with Crippen molar-refractivity contribution in [1.82, 2.24) is 34.9 Å². The summed E-state index contributed by atoms with van der Waals surface area (Å²) >= 11 is 0. The fraction of sp³-hybridized carbons (Fsp3) is 0.400. The van der Waals surface area contributed by atoms with Gasteiger partial charge in [0.15, 0.2) is 5.82 Å². The van der Waals surface area contributed by atoms with E-state index in [1.165, 1.54) is 4.90 Å². The molecule has 4 amide bonds. The Bertz CT molecular complexity index is 2310. The van der Waals surface area contributed by atoms with Crippen molar-refractivity contribution in [3.05, 3.63) is 70.9 Å².